The first kappa shape index (κ1) is 21.5. The molecule has 1 saturated heterocycles. The number of thioether (sulfide) groups is 1. The number of rotatable bonds is 6. The highest BCUT2D eigenvalue weighted by Gasteiger charge is 2.37. The van der Waals surface area contributed by atoms with Crippen molar-refractivity contribution >= 4 is 35.2 Å². The molecular weight excluding hydrogens is 409 g/mol. The number of hydrogen-bond donors (Lipinski definition) is 1. The molecule has 0 saturated carbocycles. The molecule has 150 valence electrons. The molecule has 27 heavy (non-hydrogen) atoms. The van der Waals surface area contributed by atoms with E-state index in [9.17, 15) is 22.8 Å². The van der Waals surface area contributed by atoms with Crippen LogP contribution in [0.25, 0.3) is 0 Å². The molecule has 2 amide bonds. The Balaban J connectivity index is 2.20. The Bertz CT molecular complexity index is 718. The maximum Gasteiger partial charge on any atom is 0.405 e. The van der Waals surface area contributed by atoms with E-state index >= 15 is 0 Å². The summed E-state index contributed by atoms with van der Waals surface area (Å²) in [6.07, 6.45) is -4.52. The van der Waals surface area contributed by atoms with Gasteiger partial charge in [0.25, 0.3) is 5.91 Å². The molecule has 1 fully saturated rings. The summed E-state index contributed by atoms with van der Waals surface area (Å²) in [7, 11) is 1.39. The molecule has 1 atom stereocenters. The number of carbonyl (C=O) groups is 2. The number of nitrogens with zero attached hydrogens (tertiary/aromatic N) is 1. The van der Waals surface area contributed by atoms with Gasteiger partial charge in [0.1, 0.15) is 12.6 Å². The molecule has 0 unspecified atom stereocenters. The van der Waals surface area contributed by atoms with E-state index in [0.717, 1.165) is 0 Å². The molecule has 0 aromatic heterocycles. The van der Waals surface area contributed by atoms with Crippen molar-refractivity contribution in [1.82, 2.24) is 10.2 Å². The van der Waals surface area contributed by atoms with Gasteiger partial charge in [-0.05, 0) is 19.1 Å². The summed E-state index contributed by atoms with van der Waals surface area (Å²) in [5.41, 5.74) is 0.149. The van der Waals surface area contributed by atoms with Crippen LogP contribution >= 0.6 is 23.4 Å². The van der Waals surface area contributed by atoms with Gasteiger partial charge >= 0.3 is 6.18 Å². The van der Waals surface area contributed by atoms with Gasteiger partial charge in [0.15, 0.2) is 11.5 Å². The normalized spacial score (nSPS) is 17.0. The molecule has 0 bridgehead atoms. The first-order valence-electron chi connectivity index (χ1n) is 7.91. The van der Waals surface area contributed by atoms with Gasteiger partial charge in [-0.3, -0.25) is 9.59 Å². The second-order valence-electron chi connectivity index (χ2n) is 5.55. The summed E-state index contributed by atoms with van der Waals surface area (Å²) in [6, 6.07) is 1.80. The molecule has 1 heterocycles. The molecular formula is C16H18ClF3N2O4S. The van der Waals surface area contributed by atoms with Gasteiger partial charge in [0.05, 0.1) is 24.6 Å². The molecule has 1 aromatic carbocycles. The zero-order valence-corrected chi connectivity index (χ0v) is 16.1. The molecule has 0 radical (unpaired) electrons. The molecule has 1 aromatic rings. The fraction of sp³-hybridized carbons (Fsp3) is 0.500. The Hall–Kier alpha value is -1.81. The summed E-state index contributed by atoms with van der Waals surface area (Å²) in [5.74, 6) is -0.468. The highest BCUT2D eigenvalue weighted by atomic mass is 35.5. The van der Waals surface area contributed by atoms with Gasteiger partial charge in [-0.1, -0.05) is 11.6 Å². The number of nitrogens with one attached hydrogen (secondary N) is 1. The van der Waals surface area contributed by atoms with E-state index in [1.165, 1.54) is 35.9 Å². The lowest BCUT2D eigenvalue weighted by Gasteiger charge is -2.24. The third-order valence-corrected chi connectivity index (χ3v) is 4.97. The van der Waals surface area contributed by atoms with E-state index in [1.807, 2.05) is 5.32 Å². The summed E-state index contributed by atoms with van der Waals surface area (Å²) in [6.45, 7) is 0.658. The number of methoxy groups -OCH3 is 1. The second-order valence-corrected chi connectivity index (χ2v) is 6.95. The number of hydrogen-bond acceptors (Lipinski definition) is 5. The van der Waals surface area contributed by atoms with Crippen LogP contribution in [0.15, 0.2) is 12.1 Å². The van der Waals surface area contributed by atoms with Gasteiger partial charge in [-0.2, -0.15) is 13.2 Å². The first-order chi connectivity index (χ1) is 12.7. The smallest absolute Gasteiger partial charge is 0.405 e. The molecule has 2 rings (SSSR count). The predicted octanol–water partition coefficient (Wildman–Crippen LogP) is 2.94. The van der Waals surface area contributed by atoms with Crippen molar-refractivity contribution < 1.29 is 32.2 Å². The molecule has 6 nitrogen and oxygen atoms in total. The van der Waals surface area contributed by atoms with Crippen LogP contribution in [0.1, 0.15) is 17.3 Å². The topological polar surface area (TPSA) is 67.9 Å². The SMILES string of the molecule is CCOc1c(Cl)cc(C(=O)N2CSC[C@@H]2C(=O)NCC(F)(F)F)cc1OC. The van der Waals surface area contributed by atoms with Crippen molar-refractivity contribution in [3.63, 3.8) is 0 Å². The van der Waals surface area contributed by atoms with Crippen LogP contribution in [0, 0.1) is 0 Å². The quantitative estimate of drug-likeness (QED) is 0.757. The third kappa shape index (κ3) is 5.35. The molecule has 11 heteroatoms. The highest BCUT2D eigenvalue weighted by Crippen LogP contribution is 2.37. The van der Waals surface area contributed by atoms with Crippen LogP contribution in [0.5, 0.6) is 11.5 Å². The number of carbonyl (C=O) groups excluding carboxylic acids is 2. The number of benzene rings is 1. The number of alkyl halides is 3. The predicted molar refractivity (Wildman–Crippen MR) is 95.5 cm³/mol. The maximum atomic E-state index is 12.8. The average molecular weight is 427 g/mol. The van der Waals surface area contributed by atoms with Crippen LogP contribution in [-0.4, -0.2) is 60.8 Å². The minimum absolute atomic E-state index is 0.149. The molecule has 0 spiro atoms. The van der Waals surface area contributed by atoms with Crippen molar-refractivity contribution in [3.8, 4) is 11.5 Å². The zero-order valence-electron chi connectivity index (χ0n) is 14.6. The van der Waals surface area contributed by atoms with Crippen molar-refractivity contribution in [3.05, 3.63) is 22.7 Å². The molecule has 1 N–H and O–H groups in total. The zero-order chi connectivity index (χ0) is 20.2. The Labute approximate surface area is 163 Å². The van der Waals surface area contributed by atoms with Crippen molar-refractivity contribution in [2.45, 2.75) is 19.1 Å². The highest BCUT2D eigenvalue weighted by molar-refractivity contribution is 7.99. The minimum Gasteiger partial charge on any atom is -0.493 e. The fourth-order valence-electron chi connectivity index (χ4n) is 2.46. The van der Waals surface area contributed by atoms with Gasteiger partial charge in [0, 0.05) is 11.3 Å². The van der Waals surface area contributed by atoms with Gasteiger partial charge in [-0.25, -0.2) is 0 Å². The Morgan fingerprint density at radius 3 is 2.70 bits per heavy atom. The van der Waals surface area contributed by atoms with E-state index in [0.29, 0.717) is 6.61 Å². The molecule has 0 aliphatic carbocycles. The van der Waals surface area contributed by atoms with Gasteiger partial charge < -0.3 is 19.7 Å². The second kappa shape index (κ2) is 8.92. The monoisotopic (exact) mass is 426 g/mol. The van der Waals surface area contributed by atoms with Crippen LogP contribution in [0.2, 0.25) is 5.02 Å². The van der Waals surface area contributed by atoms with E-state index in [2.05, 4.69) is 0 Å². The Morgan fingerprint density at radius 2 is 2.11 bits per heavy atom. The van der Waals surface area contributed by atoms with Gasteiger partial charge in [-0.15, -0.1) is 11.8 Å². The van der Waals surface area contributed by atoms with Crippen LogP contribution in [0.4, 0.5) is 13.2 Å². The van der Waals surface area contributed by atoms with Crippen molar-refractivity contribution in [1.29, 1.82) is 0 Å². The Morgan fingerprint density at radius 1 is 1.41 bits per heavy atom. The molecule has 1 aliphatic rings. The van der Waals surface area contributed by atoms with Crippen LogP contribution < -0.4 is 14.8 Å². The van der Waals surface area contributed by atoms with E-state index < -0.39 is 30.6 Å². The summed E-state index contributed by atoms with van der Waals surface area (Å²) in [4.78, 5) is 26.1. The van der Waals surface area contributed by atoms with Crippen molar-refractivity contribution in [2.75, 3.05) is 31.9 Å². The maximum absolute atomic E-state index is 12.8. The van der Waals surface area contributed by atoms with Crippen LogP contribution in [0.3, 0.4) is 0 Å². The van der Waals surface area contributed by atoms with Gasteiger partial charge in [0.2, 0.25) is 5.91 Å². The Kier molecular flexibility index (Phi) is 7.10. The third-order valence-electron chi connectivity index (χ3n) is 3.67. The van der Waals surface area contributed by atoms with E-state index in [-0.39, 0.29) is 33.7 Å². The lowest BCUT2D eigenvalue weighted by molar-refractivity contribution is -0.140. The average Bonchev–Trinajstić information content (AvgIpc) is 3.09. The first-order valence-corrected chi connectivity index (χ1v) is 9.44. The summed E-state index contributed by atoms with van der Waals surface area (Å²) >= 11 is 7.43. The summed E-state index contributed by atoms with van der Waals surface area (Å²) in [5, 5.41) is 1.98. The lowest BCUT2D eigenvalue weighted by atomic mass is 10.1. The van der Waals surface area contributed by atoms with E-state index in [1.54, 1.807) is 6.92 Å². The standard InChI is InChI=1S/C16H18ClF3N2O4S/c1-3-26-13-10(17)4-9(5-12(13)25-2)15(24)22-8-27-6-11(22)14(23)21-7-16(18,19)20/h4-5,11H,3,6-8H2,1-2H3,(H,21,23)/t11-/m1/s1. The van der Waals surface area contributed by atoms with Crippen molar-refractivity contribution in [2.24, 2.45) is 0 Å². The van der Waals surface area contributed by atoms with E-state index in [4.69, 9.17) is 21.1 Å². The lowest BCUT2D eigenvalue weighted by Crippen LogP contribution is -2.49. The number of ether oxygens (including phenoxy) is 2. The molecule has 1 aliphatic heterocycles. The minimum atomic E-state index is -4.52. The summed E-state index contributed by atoms with van der Waals surface area (Å²) < 4.78 is 47.5. The largest absolute Gasteiger partial charge is 0.493 e. The van der Waals surface area contributed by atoms with Crippen LogP contribution in [-0.2, 0) is 4.79 Å². The number of amides is 2. The number of halogens is 4. The fourth-order valence-corrected chi connectivity index (χ4v) is 3.88.